The lowest BCUT2D eigenvalue weighted by atomic mass is 9.93. The zero-order chi connectivity index (χ0) is 13.9. The molecule has 0 fully saturated rings. The summed E-state index contributed by atoms with van der Waals surface area (Å²) in [7, 11) is 3.09. The maximum Gasteiger partial charge on any atom is 0.308 e. The zero-order valence-corrected chi connectivity index (χ0v) is 11.1. The number of ether oxygens (including phenoxy) is 2. The minimum absolute atomic E-state index is 0.578. The summed E-state index contributed by atoms with van der Waals surface area (Å²) in [6.07, 6.45) is 0. The summed E-state index contributed by atoms with van der Waals surface area (Å²) >= 11 is 0. The van der Waals surface area contributed by atoms with E-state index in [4.69, 9.17) is 20.3 Å². The highest BCUT2D eigenvalue weighted by Gasteiger charge is 2.25. The fraction of sp³-hybridized carbons (Fsp3) is 0.462. The van der Waals surface area contributed by atoms with Gasteiger partial charge < -0.3 is 20.3 Å². The summed E-state index contributed by atoms with van der Waals surface area (Å²) < 4.78 is 10.5. The normalized spacial score (nSPS) is 13.8. The van der Waals surface area contributed by atoms with E-state index in [1.807, 2.05) is 6.92 Å². The van der Waals surface area contributed by atoms with Gasteiger partial charge in [-0.2, -0.15) is 0 Å². The Hall–Kier alpha value is -1.75. The SMILES string of the molecule is COc1cc(C(N)C(C)C(=O)O)c(OC)cc1C. The van der Waals surface area contributed by atoms with Crippen LogP contribution in [0.1, 0.15) is 24.1 Å². The van der Waals surface area contributed by atoms with Gasteiger partial charge in [0.05, 0.1) is 20.1 Å². The Morgan fingerprint density at radius 1 is 1.28 bits per heavy atom. The summed E-state index contributed by atoms with van der Waals surface area (Å²) in [6, 6.07) is 2.88. The van der Waals surface area contributed by atoms with Crippen molar-refractivity contribution in [1.82, 2.24) is 0 Å². The predicted octanol–water partition coefficient (Wildman–Crippen LogP) is 1.73. The average Bonchev–Trinajstić information content (AvgIpc) is 2.36. The fourth-order valence-electron chi connectivity index (χ4n) is 1.76. The Morgan fingerprint density at radius 2 is 1.83 bits per heavy atom. The number of aryl methyl sites for hydroxylation is 1. The minimum Gasteiger partial charge on any atom is -0.496 e. The molecule has 2 unspecified atom stereocenters. The van der Waals surface area contributed by atoms with Crippen LogP contribution in [0.3, 0.4) is 0 Å². The number of hydrogen-bond donors (Lipinski definition) is 2. The van der Waals surface area contributed by atoms with Crippen molar-refractivity contribution < 1.29 is 19.4 Å². The molecular weight excluding hydrogens is 234 g/mol. The smallest absolute Gasteiger partial charge is 0.308 e. The molecule has 5 nitrogen and oxygen atoms in total. The van der Waals surface area contributed by atoms with Gasteiger partial charge in [0.2, 0.25) is 0 Å². The minimum atomic E-state index is -0.941. The van der Waals surface area contributed by atoms with E-state index < -0.39 is 17.9 Å². The summed E-state index contributed by atoms with van der Waals surface area (Å²) in [5.74, 6) is -0.400. The molecule has 0 amide bonds. The van der Waals surface area contributed by atoms with Crippen LogP contribution in [-0.4, -0.2) is 25.3 Å². The highest BCUT2D eigenvalue weighted by atomic mass is 16.5. The van der Waals surface area contributed by atoms with Gasteiger partial charge in [0.1, 0.15) is 11.5 Å². The molecular formula is C13H19NO4. The maximum atomic E-state index is 11.0. The topological polar surface area (TPSA) is 81.8 Å². The van der Waals surface area contributed by atoms with Crippen LogP contribution in [0, 0.1) is 12.8 Å². The lowest BCUT2D eigenvalue weighted by molar-refractivity contribution is -0.141. The number of carboxylic acid groups (broad SMARTS) is 1. The summed E-state index contributed by atoms with van der Waals surface area (Å²) in [5, 5.41) is 9.01. The third-order valence-electron chi connectivity index (χ3n) is 3.03. The molecule has 1 aromatic carbocycles. The molecule has 0 saturated heterocycles. The van der Waals surface area contributed by atoms with Crippen molar-refractivity contribution in [1.29, 1.82) is 0 Å². The van der Waals surface area contributed by atoms with Crippen LogP contribution < -0.4 is 15.2 Å². The molecule has 0 aliphatic heterocycles. The Balaban J connectivity index is 3.25. The second-order valence-electron chi connectivity index (χ2n) is 4.22. The Kier molecular flexibility index (Phi) is 4.55. The average molecular weight is 253 g/mol. The molecule has 0 bridgehead atoms. The first-order valence-electron chi connectivity index (χ1n) is 5.63. The molecule has 100 valence electrons. The quantitative estimate of drug-likeness (QED) is 0.835. The molecule has 0 heterocycles. The molecule has 0 spiro atoms. The van der Waals surface area contributed by atoms with Crippen LogP contribution in [0.4, 0.5) is 0 Å². The van der Waals surface area contributed by atoms with Gasteiger partial charge in [0.15, 0.2) is 0 Å². The Labute approximate surface area is 107 Å². The van der Waals surface area contributed by atoms with E-state index >= 15 is 0 Å². The standard InChI is InChI=1S/C13H19NO4/c1-7-5-11(18-4)9(6-10(7)17-3)12(14)8(2)13(15)16/h5-6,8,12H,14H2,1-4H3,(H,15,16). The highest BCUT2D eigenvalue weighted by Crippen LogP contribution is 2.34. The van der Waals surface area contributed by atoms with Gasteiger partial charge in [-0.25, -0.2) is 0 Å². The molecule has 0 aliphatic carbocycles. The largest absolute Gasteiger partial charge is 0.496 e. The second kappa shape index (κ2) is 5.73. The van der Waals surface area contributed by atoms with E-state index in [2.05, 4.69) is 0 Å². The van der Waals surface area contributed by atoms with E-state index in [1.54, 1.807) is 26.2 Å². The van der Waals surface area contributed by atoms with Crippen molar-refractivity contribution in [2.24, 2.45) is 11.7 Å². The molecule has 1 rings (SSSR count). The third-order valence-corrected chi connectivity index (χ3v) is 3.03. The zero-order valence-electron chi connectivity index (χ0n) is 11.1. The Bertz CT molecular complexity index is 445. The van der Waals surface area contributed by atoms with Crippen LogP contribution in [0.15, 0.2) is 12.1 Å². The molecule has 0 radical (unpaired) electrons. The van der Waals surface area contributed by atoms with E-state index in [9.17, 15) is 4.79 Å². The first-order valence-corrected chi connectivity index (χ1v) is 5.63. The number of rotatable bonds is 5. The second-order valence-corrected chi connectivity index (χ2v) is 4.22. The number of carboxylic acids is 1. The molecule has 1 aromatic rings. The Morgan fingerprint density at radius 3 is 2.28 bits per heavy atom. The maximum absolute atomic E-state index is 11.0. The van der Waals surface area contributed by atoms with Crippen molar-refractivity contribution in [2.45, 2.75) is 19.9 Å². The van der Waals surface area contributed by atoms with Crippen LogP contribution >= 0.6 is 0 Å². The van der Waals surface area contributed by atoms with Gasteiger partial charge in [0, 0.05) is 11.6 Å². The van der Waals surface area contributed by atoms with Crippen LogP contribution in [0.5, 0.6) is 11.5 Å². The van der Waals surface area contributed by atoms with Gasteiger partial charge in [0.25, 0.3) is 0 Å². The molecule has 0 aromatic heterocycles. The van der Waals surface area contributed by atoms with E-state index in [0.717, 1.165) is 5.56 Å². The van der Waals surface area contributed by atoms with Gasteiger partial charge in [-0.15, -0.1) is 0 Å². The van der Waals surface area contributed by atoms with Gasteiger partial charge in [-0.3, -0.25) is 4.79 Å². The summed E-state index contributed by atoms with van der Waals surface area (Å²) in [4.78, 5) is 11.0. The number of benzene rings is 1. The number of aliphatic carboxylic acids is 1. The van der Waals surface area contributed by atoms with Crippen LogP contribution in [-0.2, 0) is 4.79 Å². The van der Waals surface area contributed by atoms with Crippen molar-refractivity contribution in [3.63, 3.8) is 0 Å². The van der Waals surface area contributed by atoms with Crippen molar-refractivity contribution in [3.05, 3.63) is 23.3 Å². The van der Waals surface area contributed by atoms with E-state index in [-0.39, 0.29) is 0 Å². The molecule has 0 aliphatic rings. The molecule has 3 N–H and O–H groups in total. The van der Waals surface area contributed by atoms with E-state index in [1.165, 1.54) is 7.11 Å². The lowest BCUT2D eigenvalue weighted by Gasteiger charge is -2.20. The summed E-state index contributed by atoms with van der Waals surface area (Å²) in [6.45, 7) is 3.45. The van der Waals surface area contributed by atoms with Crippen molar-refractivity contribution >= 4 is 5.97 Å². The first kappa shape index (κ1) is 14.3. The third kappa shape index (κ3) is 2.73. The van der Waals surface area contributed by atoms with Crippen LogP contribution in [0.2, 0.25) is 0 Å². The number of methoxy groups -OCH3 is 2. The molecule has 18 heavy (non-hydrogen) atoms. The monoisotopic (exact) mass is 253 g/mol. The van der Waals surface area contributed by atoms with Crippen molar-refractivity contribution in [2.75, 3.05) is 14.2 Å². The molecule has 5 heteroatoms. The fourth-order valence-corrected chi connectivity index (χ4v) is 1.76. The number of nitrogens with two attached hydrogens (primary N) is 1. The van der Waals surface area contributed by atoms with Crippen LogP contribution in [0.25, 0.3) is 0 Å². The summed E-state index contributed by atoms with van der Waals surface area (Å²) in [5.41, 5.74) is 7.52. The van der Waals surface area contributed by atoms with Gasteiger partial charge in [-0.05, 0) is 24.6 Å². The van der Waals surface area contributed by atoms with Gasteiger partial charge >= 0.3 is 5.97 Å². The van der Waals surface area contributed by atoms with E-state index in [0.29, 0.717) is 17.1 Å². The lowest BCUT2D eigenvalue weighted by Crippen LogP contribution is -2.26. The highest BCUT2D eigenvalue weighted by molar-refractivity contribution is 5.71. The number of carbonyl (C=O) groups is 1. The predicted molar refractivity (Wildman–Crippen MR) is 68.0 cm³/mol. The van der Waals surface area contributed by atoms with Gasteiger partial charge in [-0.1, -0.05) is 6.92 Å². The molecule has 2 atom stereocenters. The first-order chi connectivity index (χ1) is 8.42. The number of hydrogen-bond acceptors (Lipinski definition) is 4. The van der Waals surface area contributed by atoms with Crippen molar-refractivity contribution in [3.8, 4) is 11.5 Å². The molecule has 0 saturated carbocycles.